The molecule has 0 radical (unpaired) electrons. The number of likely N-dealkylation sites (tertiary alicyclic amines) is 1. The van der Waals surface area contributed by atoms with Gasteiger partial charge < -0.3 is 15.1 Å². The molecule has 0 saturated carbocycles. The average molecular weight is 424 g/mol. The van der Waals surface area contributed by atoms with Crippen molar-refractivity contribution in [2.75, 3.05) is 25.0 Å². The highest BCUT2D eigenvalue weighted by atomic mass is 32.1. The van der Waals surface area contributed by atoms with E-state index in [-0.39, 0.29) is 23.6 Å². The molecule has 156 valence electrons. The second kappa shape index (κ2) is 9.28. The Morgan fingerprint density at radius 2 is 1.87 bits per heavy atom. The molecule has 2 N–H and O–H groups in total. The summed E-state index contributed by atoms with van der Waals surface area (Å²) >= 11 is 1.27. The molecule has 0 aliphatic carbocycles. The van der Waals surface area contributed by atoms with Gasteiger partial charge in [-0.15, -0.1) is 11.3 Å². The molecule has 30 heavy (non-hydrogen) atoms. The molecule has 1 aromatic carbocycles. The van der Waals surface area contributed by atoms with Gasteiger partial charge in [0.2, 0.25) is 0 Å². The number of anilines is 1. The van der Waals surface area contributed by atoms with Gasteiger partial charge in [0.25, 0.3) is 11.8 Å². The van der Waals surface area contributed by atoms with Crippen LogP contribution in [0.5, 0.6) is 0 Å². The van der Waals surface area contributed by atoms with Gasteiger partial charge in [0.15, 0.2) is 5.76 Å². The second-order valence-corrected chi connectivity index (χ2v) is 8.49. The number of hydrogen-bond acceptors (Lipinski definition) is 5. The van der Waals surface area contributed by atoms with E-state index in [9.17, 15) is 9.59 Å². The van der Waals surface area contributed by atoms with Crippen LogP contribution in [0.4, 0.5) is 5.00 Å². The predicted molar refractivity (Wildman–Crippen MR) is 118 cm³/mol. The van der Waals surface area contributed by atoms with E-state index < -0.39 is 0 Å². The fraction of sp³-hybridized carbons (Fsp3) is 0.304. The smallest absolute Gasteiger partial charge is 0.291 e. The van der Waals surface area contributed by atoms with Crippen LogP contribution in [0.2, 0.25) is 0 Å². The van der Waals surface area contributed by atoms with Crippen LogP contribution in [0.25, 0.3) is 0 Å². The largest absolute Gasteiger partial charge is 0.459 e. The van der Waals surface area contributed by atoms with Crippen molar-refractivity contribution in [3.8, 4) is 0 Å². The summed E-state index contributed by atoms with van der Waals surface area (Å²) in [6, 6.07) is 15.6. The van der Waals surface area contributed by atoms with E-state index >= 15 is 0 Å². The third kappa shape index (κ3) is 4.63. The lowest BCUT2D eigenvalue weighted by Crippen LogP contribution is -2.36. The van der Waals surface area contributed by atoms with Crippen LogP contribution < -0.4 is 10.6 Å². The van der Waals surface area contributed by atoms with Crippen LogP contribution >= 0.6 is 11.3 Å². The van der Waals surface area contributed by atoms with Gasteiger partial charge in [-0.3, -0.25) is 14.5 Å². The Bertz CT molecular complexity index is 992. The van der Waals surface area contributed by atoms with Crippen molar-refractivity contribution in [2.45, 2.75) is 25.8 Å². The predicted octanol–water partition coefficient (Wildman–Crippen LogP) is 4.47. The van der Waals surface area contributed by atoms with Crippen LogP contribution in [0.3, 0.4) is 0 Å². The van der Waals surface area contributed by atoms with Crippen LogP contribution in [-0.4, -0.2) is 36.3 Å². The van der Waals surface area contributed by atoms with Crippen molar-refractivity contribution in [1.29, 1.82) is 0 Å². The molecule has 2 amide bonds. The van der Waals surface area contributed by atoms with Crippen molar-refractivity contribution in [3.05, 3.63) is 76.6 Å². The van der Waals surface area contributed by atoms with Crippen LogP contribution in [0, 0.1) is 6.92 Å². The molecule has 1 fully saturated rings. The number of carbonyl (C=O) groups excluding carboxylic acids is 2. The Morgan fingerprint density at radius 3 is 2.57 bits per heavy atom. The molecule has 7 heteroatoms. The van der Waals surface area contributed by atoms with E-state index in [4.69, 9.17) is 4.42 Å². The summed E-state index contributed by atoms with van der Waals surface area (Å²) in [6.07, 6.45) is 3.84. The van der Waals surface area contributed by atoms with E-state index in [0.29, 0.717) is 16.4 Å². The Hall–Kier alpha value is -2.90. The summed E-state index contributed by atoms with van der Waals surface area (Å²) in [5, 5.41) is 6.52. The summed E-state index contributed by atoms with van der Waals surface area (Å²) in [5.74, 6) is -0.203. The number of carbonyl (C=O) groups is 2. The number of furan rings is 1. The van der Waals surface area contributed by atoms with Gasteiger partial charge in [-0.25, -0.2) is 0 Å². The lowest BCUT2D eigenvalue weighted by Gasteiger charge is -2.28. The van der Waals surface area contributed by atoms with E-state index in [2.05, 4.69) is 27.7 Å². The molecule has 3 aromatic rings. The molecule has 0 spiro atoms. The Labute approximate surface area is 179 Å². The Balaban J connectivity index is 1.42. The zero-order valence-corrected chi connectivity index (χ0v) is 17.7. The first-order valence-electron chi connectivity index (χ1n) is 10.1. The van der Waals surface area contributed by atoms with Gasteiger partial charge >= 0.3 is 0 Å². The van der Waals surface area contributed by atoms with E-state index in [1.54, 1.807) is 12.1 Å². The fourth-order valence-electron chi connectivity index (χ4n) is 3.81. The van der Waals surface area contributed by atoms with Crippen molar-refractivity contribution < 1.29 is 14.0 Å². The third-order valence-corrected chi connectivity index (χ3v) is 6.48. The molecule has 2 aromatic heterocycles. The highest BCUT2D eigenvalue weighted by Gasteiger charge is 2.25. The maximum Gasteiger partial charge on any atom is 0.291 e. The number of aryl methyl sites for hydroxylation is 1. The van der Waals surface area contributed by atoms with Crippen molar-refractivity contribution in [1.82, 2.24) is 10.2 Å². The molecule has 1 aliphatic heterocycles. The molecule has 3 heterocycles. The van der Waals surface area contributed by atoms with Gasteiger partial charge in [0, 0.05) is 6.54 Å². The van der Waals surface area contributed by atoms with Crippen LogP contribution in [0.1, 0.15) is 50.2 Å². The lowest BCUT2D eigenvalue weighted by atomic mass is 10.1. The second-order valence-electron chi connectivity index (χ2n) is 7.43. The summed E-state index contributed by atoms with van der Waals surface area (Å²) in [6.45, 7) is 4.53. The number of nitrogens with one attached hydrogen (secondary N) is 2. The minimum atomic E-state index is -0.327. The van der Waals surface area contributed by atoms with Crippen molar-refractivity contribution in [3.63, 3.8) is 0 Å². The summed E-state index contributed by atoms with van der Waals surface area (Å²) in [7, 11) is 0. The molecule has 1 saturated heterocycles. The zero-order chi connectivity index (χ0) is 20.9. The highest BCUT2D eigenvalue weighted by Crippen LogP contribution is 2.28. The first kappa shape index (κ1) is 20.4. The molecule has 4 rings (SSSR count). The molecular formula is C23H25N3O3S. The topological polar surface area (TPSA) is 74.6 Å². The van der Waals surface area contributed by atoms with E-state index in [1.165, 1.54) is 36.0 Å². The zero-order valence-electron chi connectivity index (χ0n) is 16.9. The Morgan fingerprint density at radius 1 is 1.10 bits per heavy atom. The number of benzene rings is 1. The molecule has 6 nitrogen and oxygen atoms in total. The molecule has 0 bridgehead atoms. The number of amides is 2. The van der Waals surface area contributed by atoms with Crippen molar-refractivity contribution >= 4 is 28.2 Å². The number of nitrogens with zero attached hydrogens (tertiary/aromatic N) is 1. The molecule has 1 unspecified atom stereocenters. The van der Waals surface area contributed by atoms with Gasteiger partial charge in [-0.1, -0.05) is 30.3 Å². The van der Waals surface area contributed by atoms with E-state index in [0.717, 1.165) is 18.7 Å². The maximum absolute atomic E-state index is 12.9. The number of thiophene rings is 1. The maximum atomic E-state index is 12.9. The summed E-state index contributed by atoms with van der Waals surface area (Å²) in [4.78, 5) is 28.1. The SMILES string of the molecule is Cc1cc(NC(=O)c2ccco2)sc1C(=O)NCC(c1ccccc1)N1CCCC1. The third-order valence-electron chi connectivity index (χ3n) is 5.33. The quantitative estimate of drug-likeness (QED) is 0.588. The molecule has 1 atom stereocenters. The minimum absolute atomic E-state index is 0.115. The van der Waals surface area contributed by atoms with Gasteiger partial charge in [0.05, 0.1) is 22.2 Å². The van der Waals surface area contributed by atoms with Gasteiger partial charge in [0.1, 0.15) is 0 Å². The first-order valence-corrected chi connectivity index (χ1v) is 11.0. The normalized spacial score (nSPS) is 15.1. The van der Waals surface area contributed by atoms with Crippen molar-refractivity contribution in [2.24, 2.45) is 0 Å². The van der Waals surface area contributed by atoms with E-state index in [1.807, 2.05) is 31.2 Å². The fourth-order valence-corrected chi connectivity index (χ4v) is 4.79. The van der Waals surface area contributed by atoms with Gasteiger partial charge in [-0.2, -0.15) is 0 Å². The monoisotopic (exact) mass is 423 g/mol. The Kier molecular flexibility index (Phi) is 6.30. The minimum Gasteiger partial charge on any atom is -0.459 e. The first-order chi connectivity index (χ1) is 14.6. The van der Waals surface area contributed by atoms with Gasteiger partial charge in [-0.05, 0) is 62.2 Å². The highest BCUT2D eigenvalue weighted by molar-refractivity contribution is 7.18. The summed E-state index contributed by atoms with van der Waals surface area (Å²) < 4.78 is 5.12. The van der Waals surface area contributed by atoms with Crippen LogP contribution in [-0.2, 0) is 0 Å². The standard InChI is InChI=1S/C23H25N3O3S/c1-16-14-20(25-22(27)19-10-7-13-29-19)30-21(16)23(28)24-15-18(26-11-5-6-12-26)17-8-3-2-4-9-17/h2-4,7-10,13-14,18H,5-6,11-12,15H2,1H3,(H,24,28)(H,25,27). The number of rotatable bonds is 7. The molecule has 1 aliphatic rings. The average Bonchev–Trinajstić information content (AvgIpc) is 3.51. The van der Waals surface area contributed by atoms with Crippen LogP contribution in [0.15, 0.2) is 59.2 Å². The molecular weight excluding hydrogens is 398 g/mol. The summed E-state index contributed by atoms with van der Waals surface area (Å²) in [5.41, 5.74) is 2.05. The number of hydrogen-bond donors (Lipinski definition) is 2. The lowest BCUT2D eigenvalue weighted by molar-refractivity contribution is 0.0940.